The number of anilines is 1. The Morgan fingerprint density at radius 1 is 1.05 bits per heavy atom. The Morgan fingerprint density at radius 3 is 2.41 bits per heavy atom. The summed E-state index contributed by atoms with van der Waals surface area (Å²) in [6.45, 7) is 0.278. The van der Waals surface area contributed by atoms with Crippen LogP contribution < -0.4 is 5.32 Å². The molecule has 0 aliphatic carbocycles. The van der Waals surface area contributed by atoms with E-state index in [9.17, 15) is 14.0 Å². The lowest BCUT2D eigenvalue weighted by Crippen LogP contribution is -2.34. The number of nitrogens with one attached hydrogen (secondary N) is 1. The number of rotatable bonds is 4. The van der Waals surface area contributed by atoms with Crippen LogP contribution in [0.2, 0.25) is 0 Å². The van der Waals surface area contributed by atoms with E-state index in [0.29, 0.717) is 5.69 Å². The Kier molecular flexibility index (Phi) is 3.87. The van der Waals surface area contributed by atoms with Crippen LogP contribution in [0.5, 0.6) is 0 Å². The lowest BCUT2D eigenvalue weighted by molar-refractivity contribution is -0.139. The standard InChI is InChI=1S/C17H15FN2O2/c18-13-6-8-14(9-7-13)19-15-10-16(21)20(17(15)22)11-12-4-2-1-3-5-12/h1-9,15,19H,10-11H2/t15-/m1/s1. The van der Waals surface area contributed by atoms with E-state index in [1.165, 1.54) is 17.0 Å². The maximum Gasteiger partial charge on any atom is 0.252 e. The van der Waals surface area contributed by atoms with Gasteiger partial charge in [0, 0.05) is 5.69 Å². The van der Waals surface area contributed by atoms with Crippen molar-refractivity contribution in [2.75, 3.05) is 5.32 Å². The number of benzene rings is 2. The van der Waals surface area contributed by atoms with Gasteiger partial charge in [-0.2, -0.15) is 0 Å². The molecule has 5 heteroatoms. The average molecular weight is 298 g/mol. The molecule has 1 heterocycles. The van der Waals surface area contributed by atoms with Crippen molar-refractivity contribution in [3.8, 4) is 0 Å². The van der Waals surface area contributed by atoms with Crippen LogP contribution in [0.25, 0.3) is 0 Å². The molecule has 4 nitrogen and oxygen atoms in total. The Labute approximate surface area is 127 Å². The van der Waals surface area contributed by atoms with Gasteiger partial charge in [0.25, 0.3) is 5.91 Å². The first-order valence-corrected chi connectivity index (χ1v) is 7.04. The molecule has 1 saturated heterocycles. The fourth-order valence-electron chi connectivity index (χ4n) is 2.48. The molecule has 0 spiro atoms. The second-order valence-electron chi connectivity index (χ2n) is 5.21. The Hall–Kier alpha value is -2.69. The summed E-state index contributed by atoms with van der Waals surface area (Å²) in [6.07, 6.45) is 0.114. The lowest BCUT2D eigenvalue weighted by atomic mass is 10.2. The van der Waals surface area contributed by atoms with Crippen LogP contribution in [0.15, 0.2) is 54.6 Å². The van der Waals surface area contributed by atoms with E-state index in [4.69, 9.17) is 0 Å². The van der Waals surface area contributed by atoms with Crippen LogP contribution in [0.3, 0.4) is 0 Å². The quantitative estimate of drug-likeness (QED) is 0.883. The van der Waals surface area contributed by atoms with Crippen LogP contribution in [0, 0.1) is 5.82 Å². The summed E-state index contributed by atoms with van der Waals surface area (Å²) in [4.78, 5) is 25.7. The van der Waals surface area contributed by atoms with Crippen molar-refractivity contribution in [2.45, 2.75) is 19.0 Å². The number of likely N-dealkylation sites (tertiary alicyclic amines) is 1. The van der Waals surface area contributed by atoms with Crippen molar-refractivity contribution in [1.82, 2.24) is 4.90 Å². The van der Waals surface area contributed by atoms with Gasteiger partial charge in [-0.05, 0) is 29.8 Å². The minimum absolute atomic E-state index is 0.114. The third-order valence-corrected chi connectivity index (χ3v) is 3.61. The SMILES string of the molecule is O=C1C[C@@H](Nc2ccc(F)cc2)C(=O)N1Cc1ccccc1. The monoisotopic (exact) mass is 298 g/mol. The molecule has 22 heavy (non-hydrogen) atoms. The van der Waals surface area contributed by atoms with E-state index >= 15 is 0 Å². The molecule has 2 aromatic carbocycles. The highest BCUT2D eigenvalue weighted by Crippen LogP contribution is 2.20. The molecule has 3 rings (SSSR count). The van der Waals surface area contributed by atoms with Crippen molar-refractivity contribution in [2.24, 2.45) is 0 Å². The van der Waals surface area contributed by atoms with Crippen molar-refractivity contribution >= 4 is 17.5 Å². The molecule has 0 bridgehead atoms. The van der Waals surface area contributed by atoms with Crippen molar-refractivity contribution < 1.29 is 14.0 Å². The van der Waals surface area contributed by atoms with Gasteiger partial charge in [0.05, 0.1) is 13.0 Å². The zero-order chi connectivity index (χ0) is 15.5. The molecule has 0 aromatic heterocycles. The van der Waals surface area contributed by atoms with E-state index in [2.05, 4.69) is 5.32 Å². The minimum atomic E-state index is -0.596. The topological polar surface area (TPSA) is 49.4 Å². The summed E-state index contributed by atoms with van der Waals surface area (Å²) in [5.74, 6) is -0.795. The van der Waals surface area contributed by atoms with Crippen molar-refractivity contribution in [3.05, 3.63) is 66.0 Å². The molecule has 1 aliphatic heterocycles. The smallest absolute Gasteiger partial charge is 0.252 e. The van der Waals surface area contributed by atoms with E-state index in [-0.39, 0.29) is 30.6 Å². The summed E-state index contributed by atoms with van der Waals surface area (Å²) in [5, 5.41) is 2.99. The predicted molar refractivity (Wildman–Crippen MR) is 80.4 cm³/mol. The molecule has 1 fully saturated rings. The fraction of sp³-hybridized carbons (Fsp3) is 0.176. The van der Waals surface area contributed by atoms with E-state index in [0.717, 1.165) is 5.56 Å². The zero-order valence-corrected chi connectivity index (χ0v) is 11.8. The lowest BCUT2D eigenvalue weighted by Gasteiger charge is -2.16. The van der Waals surface area contributed by atoms with Gasteiger partial charge < -0.3 is 5.32 Å². The molecule has 2 amide bonds. The summed E-state index contributed by atoms with van der Waals surface area (Å²) in [7, 11) is 0. The highest BCUT2D eigenvalue weighted by atomic mass is 19.1. The first-order valence-electron chi connectivity index (χ1n) is 7.04. The van der Waals surface area contributed by atoms with E-state index < -0.39 is 6.04 Å². The zero-order valence-electron chi connectivity index (χ0n) is 11.8. The molecule has 112 valence electrons. The third kappa shape index (κ3) is 2.98. The molecular weight excluding hydrogens is 283 g/mol. The van der Waals surface area contributed by atoms with Gasteiger partial charge in [0.15, 0.2) is 0 Å². The van der Waals surface area contributed by atoms with Crippen molar-refractivity contribution in [1.29, 1.82) is 0 Å². The van der Waals surface area contributed by atoms with Crippen LogP contribution in [-0.2, 0) is 16.1 Å². The summed E-state index contributed by atoms with van der Waals surface area (Å²) >= 11 is 0. The maximum atomic E-state index is 12.9. The summed E-state index contributed by atoms with van der Waals surface area (Å²) in [6, 6.07) is 14.5. The normalized spacial score (nSPS) is 17.9. The van der Waals surface area contributed by atoms with Crippen LogP contribution in [0.4, 0.5) is 10.1 Å². The third-order valence-electron chi connectivity index (χ3n) is 3.61. The predicted octanol–water partition coefficient (Wildman–Crippen LogP) is 2.57. The molecular formula is C17H15FN2O2. The number of hydrogen-bond donors (Lipinski definition) is 1. The number of imide groups is 1. The number of amides is 2. The van der Waals surface area contributed by atoms with E-state index in [1.807, 2.05) is 30.3 Å². The van der Waals surface area contributed by atoms with Crippen LogP contribution in [-0.4, -0.2) is 22.8 Å². The maximum absolute atomic E-state index is 12.9. The fourth-order valence-corrected chi connectivity index (χ4v) is 2.48. The second kappa shape index (κ2) is 5.97. The molecule has 0 saturated carbocycles. The number of carbonyl (C=O) groups excluding carboxylic acids is 2. The number of nitrogens with zero attached hydrogens (tertiary/aromatic N) is 1. The Bertz CT molecular complexity index is 686. The van der Waals surface area contributed by atoms with Gasteiger partial charge in [-0.1, -0.05) is 30.3 Å². The highest BCUT2D eigenvalue weighted by molar-refractivity contribution is 6.06. The van der Waals surface area contributed by atoms with Gasteiger partial charge in [-0.15, -0.1) is 0 Å². The van der Waals surface area contributed by atoms with Gasteiger partial charge in [0.2, 0.25) is 5.91 Å². The van der Waals surface area contributed by atoms with Crippen molar-refractivity contribution in [3.63, 3.8) is 0 Å². The minimum Gasteiger partial charge on any atom is -0.373 e. The Morgan fingerprint density at radius 2 is 1.73 bits per heavy atom. The number of carbonyl (C=O) groups is 2. The summed E-state index contributed by atoms with van der Waals surface area (Å²) in [5.41, 5.74) is 1.53. The van der Waals surface area contributed by atoms with E-state index in [1.54, 1.807) is 12.1 Å². The highest BCUT2D eigenvalue weighted by Gasteiger charge is 2.38. The van der Waals surface area contributed by atoms with Gasteiger partial charge in [-0.25, -0.2) is 4.39 Å². The largest absolute Gasteiger partial charge is 0.373 e. The molecule has 0 radical (unpaired) electrons. The number of hydrogen-bond acceptors (Lipinski definition) is 3. The molecule has 0 unspecified atom stereocenters. The first kappa shape index (κ1) is 14.3. The second-order valence-corrected chi connectivity index (χ2v) is 5.21. The molecule has 1 atom stereocenters. The molecule has 2 aromatic rings. The molecule has 1 N–H and O–H groups in total. The van der Waals surface area contributed by atoms with Gasteiger partial charge in [0.1, 0.15) is 11.9 Å². The van der Waals surface area contributed by atoms with Crippen LogP contribution in [0.1, 0.15) is 12.0 Å². The number of halogens is 1. The van der Waals surface area contributed by atoms with Gasteiger partial charge in [-0.3, -0.25) is 14.5 Å². The molecule has 1 aliphatic rings. The van der Waals surface area contributed by atoms with Crippen LogP contribution >= 0.6 is 0 Å². The average Bonchev–Trinajstić information content (AvgIpc) is 2.78. The summed E-state index contributed by atoms with van der Waals surface area (Å²) < 4.78 is 12.9. The first-order chi connectivity index (χ1) is 10.6. The Balaban J connectivity index is 1.70. The van der Waals surface area contributed by atoms with Gasteiger partial charge >= 0.3 is 0 Å².